The fraction of sp³-hybridized carbons (Fsp3) is 0.133. The van der Waals surface area contributed by atoms with Gasteiger partial charge in [0.25, 0.3) is 0 Å². The highest BCUT2D eigenvalue weighted by molar-refractivity contribution is 6.28. The van der Waals surface area contributed by atoms with Gasteiger partial charge in [0.1, 0.15) is 23.3 Å². The van der Waals surface area contributed by atoms with Crippen molar-refractivity contribution in [2.75, 3.05) is 9.80 Å². The van der Waals surface area contributed by atoms with E-state index in [0.717, 1.165) is 43.4 Å². The first kappa shape index (κ1) is 42.5. The lowest BCUT2D eigenvalue weighted by molar-refractivity contribution is 0.586. The van der Waals surface area contributed by atoms with Crippen LogP contribution in [0, 0.1) is 23.3 Å². The van der Waals surface area contributed by atoms with Gasteiger partial charge in [-0.3, -0.25) is 0 Å². The molecule has 0 radical (unpaired) electrons. The summed E-state index contributed by atoms with van der Waals surface area (Å²) in [4.78, 5) is 3.55. The lowest BCUT2D eigenvalue weighted by Gasteiger charge is -2.30. The van der Waals surface area contributed by atoms with Crippen molar-refractivity contribution in [3.63, 3.8) is 0 Å². The molecular formula is C60H48F4N2. The molecule has 66 heavy (non-hydrogen) atoms. The molecule has 0 atom stereocenters. The van der Waals surface area contributed by atoms with E-state index in [1.54, 1.807) is 9.80 Å². The molecule has 0 saturated carbocycles. The van der Waals surface area contributed by atoms with Crippen molar-refractivity contribution < 1.29 is 17.6 Å². The van der Waals surface area contributed by atoms with Gasteiger partial charge < -0.3 is 9.80 Å². The summed E-state index contributed by atoms with van der Waals surface area (Å²) in [7, 11) is 0. The molecule has 10 aromatic rings. The van der Waals surface area contributed by atoms with Gasteiger partial charge in [0.05, 0.1) is 22.7 Å². The fourth-order valence-corrected chi connectivity index (χ4v) is 9.70. The number of anilines is 6. The molecule has 0 N–H and O–H groups in total. The minimum absolute atomic E-state index is 0.0627. The predicted molar refractivity (Wildman–Crippen MR) is 268 cm³/mol. The zero-order valence-electron chi connectivity index (χ0n) is 37.7. The van der Waals surface area contributed by atoms with Crippen molar-refractivity contribution in [3.8, 4) is 22.3 Å². The largest absolute Gasteiger partial charge is 0.307 e. The quantitative estimate of drug-likeness (QED) is 0.111. The maximum atomic E-state index is 17.0. The topological polar surface area (TPSA) is 6.48 Å². The number of hydrogen-bond acceptors (Lipinski definition) is 2. The van der Waals surface area contributed by atoms with Gasteiger partial charge in [0, 0.05) is 45.4 Å². The van der Waals surface area contributed by atoms with E-state index in [-0.39, 0.29) is 33.3 Å². The van der Waals surface area contributed by atoms with Crippen molar-refractivity contribution in [2.45, 2.75) is 52.4 Å². The average Bonchev–Trinajstić information content (AvgIpc) is 3.31. The Hall–Kier alpha value is -7.44. The predicted octanol–water partition coefficient (Wildman–Crippen LogP) is 18.0. The van der Waals surface area contributed by atoms with Gasteiger partial charge in [-0.15, -0.1) is 0 Å². The highest BCUT2D eigenvalue weighted by atomic mass is 19.1. The van der Waals surface area contributed by atoms with Gasteiger partial charge in [-0.05, 0) is 103 Å². The molecule has 6 heteroatoms. The second kappa shape index (κ2) is 16.2. The summed E-state index contributed by atoms with van der Waals surface area (Å²) < 4.78 is 67.4. The number of benzene rings is 10. The minimum Gasteiger partial charge on any atom is -0.307 e. The van der Waals surface area contributed by atoms with Crippen molar-refractivity contribution >= 4 is 66.4 Å². The van der Waals surface area contributed by atoms with E-state index in [9.17, 15) is 0 Å². The Morgan fingerprint density at radius 3 is 1.05 bits per heavy atom. The average molecular weight is 873 g/mol. The van der Waals surface area contributed by atoms with E-state index in [1.165, 1.54) is 24.3 Å². The first-order chi connectivity index (χ1) is 31.7. The van der Waals surface area contributed by atoms with Gasteiger partial charge in [0.2, 0.25) is 0 Å². The first-order valence-electron chi connectivity index (χ1n) is 22.3. The second-order valence-electron chi connectivity index (χ2n) is 19.1. The molecule has 10 rings (SSSR count). The smallest absolute Gasteiger partial charge is 0.148 e. The Kier molecular flexibility index (Phi) is 10.4. The maximum Gasteiger partial charge on any atom is 0.148 e. The van der Waals surface area contributed by atoms with Crippen LogP contribution in [0.5, 0.6) is 0 Å². The monoisotopic (exact) mass is 872 g/mol. The third kappa shape index (κ3) is 7.31. The van der Waals surface area contributed by atoms with Gasteiger partial charge in [-0.2, -0.15) is 0 Å². The summed E-state index contributed by atoms with van der Waals surface area (Å²) >= 11 is 0. The van der Waals surface area contributed by atoms with Crippen LogP contribution in [0.3, 0.4) is 0 Å². The molecule has 0 aliphatic rings. The lowest BCUT2D eigenvalue weighted by atomic mass is 9.81. The molecule has 0 bridgehead atoms. The third-order valence-electron chi connectivity index (χ3n) is 12.7. The zero-order valence-corrected chi connectivity index (χ0v) is 37.7. The number of nitrogens with zero attached hydrogens (tertiary/aromatic N) is 2. The summed E-state index contributed by atoms with van der Waals surface area (Å²) in [5.41, 5.74) is 5.62. The molecule has 0 heterocycles. The van der Waals surface area contributed by atoms with Crippen LogP contribution < -0.4 is 9.80 Å². The van der Waals surface area contributed by atoms with Crippen LogP contribution in [-0.4, -0.2) is 0 Å². The molecule has 10 aromatic carbocycles. The van der Waals surface area contributed by atoms with E-state index in [1.807, 2.05) is 158 Å². The molecule has 0 saturated heterocycles. The molecule has 0 fully saturated rings. The second-order valence-corrected chi connectivity index (χ2v) is 19.1. The van der Waals surface area contributed by atoms with E-state index in [0.29, 0.717) is 33.9 Å². The molecule has 2 nitrogen and oxygen atoms in total. The Bertz CT molecular complexity index is 3210. The van der Waals surface area contributed by atoms with Crippen LogP contribution in [0.2, 0.25) is 0 Å². The minimum atomic E-state index is -0.576. The standard InChI is InChI=1S/C60H48F4N2/c1-59(2,3)47-23-15-13-21-41(47)45-33-51(63)55(35-49(45)61)65(39-17-9-7-10-18-39)53-31-27-37-26-30-44-54(32-28-38-25-29-43(53)57(37)58(38)44)66(40-19-11-8-12-20-40)56-36-50(62)46(34-52(56)64)42-22-14-16-24-48(42)60(4,5)6/h7-36H,1-6H3. The SMILES string of the molecule is CC(C)(C)c1ccccc1-c1cc(F)c(N(c2ccccc2)c2ccc3ccc4c(N(c5ccccc5)c5cc(F)c(-c6ccccc6C(C)(C)C)cc5F)ccc5ccc2c3c54)cc1F. The summed E-state index contributed by atoms with van der Waals surface area (Å²) in [6.07, 6.45) is 0. The van der Waals surface area contributed by atoms with E-state index >= 15 is 17.6 Å². The Morgan fingerprint density at radius 1 is 0.318 bits per heavy atom. The summed E-state index contributed by atoms with van der Waals surface area (Å²) in [5, 5.41) is 5.27. The highest BCUT2D eigenvalue weighted by Crippen LogP contribution is 2.49. The van der Waals surface area contributed by atoms with Crippen LogP contribution >= 0.6 is 0 Å². The Labute approximate surface area is 383 Å². The third-order valence-corrected chi connectivity index (χ3v) is 12.7. The summed E-state index contributed by atoms with van der Waals surface area (Å²) in [6.45, 7) is 12.4. The lowest BCUT2D eigenvalue weighted by Crippen LogP contribution is -2.15. The van der Waals surface area contributed by atoms with Gasteiger partial charge in [-0.1, -0.05) is 163 Å². The number of hydrogen-bond donors (Lipinski definition) is 0. The van der Waals surface area contributed by atoms with Crippen molar-refractivity contribution in [3.05, 3.63) is 216 Å². The number of para-hydroxylation sites is 2. The van der Waals surface area contributed by atoms with E-state index in [2.05, 4.69) is 41.5 Å². The Balaban J connectivity index is 1.17. The fourth-order valence-electron chi connectivity index (χ4n) is 9.70. The summed E-state index contributed by atoms with van der Waals surface area (Å²) in [5.74, 6) is -2.23. The zero-order chi connectivity index (χ0) is 46.1. The van der Waals surface area contributed by atoms with Crippen molar-refractivity contribution in [1.29, 1.82) is 0 Å². The molecule has 0 aromatic heterocycles. The first-order valence-corrected chi connectivity index (χ1v) is 22.3. The molecule has 0 amide bonds. The van der Waals surface area contributed by atoms with Crippen molar-refractivity contribution in [1.82, 2.24) is 0 Å². The van der Waals surface area contributed by atoms with Gasteiger partial charge in [-0.25, -0.2) is 17.6 Å². The van der Waals surface area contributed by atoms with Crippen LogP contribution in [0.15, 0.2) is 182 Å². The van der Waals surface area contributed by atoms with Gasteiger partial charge in [0.15, 0.2) is 0 Å². The molecule has 0 unspecified atom stereocenters. The highest BCUT2D eigenvalue weighted by Gasteiger charge is 2.28. The number of rotatable bonds is 8. The summed E-state index contributed by atoms with van der Waals surface area (Å²) in [6, 6.07) is 55.2. The molecule has 0 spiro atoms. The van der Waals surface area contributed by atoms with Crippen LogP contribution in [0.25, 0.3) is 54.6 Å². The van der Waals surface area contributed by atoms with Crippen LogP contribution in [0.4, 0.5) is 51.7 Å². The van der Waals surface area contributed by atoms with Crippen molar-refractivity contribution in [2.24, 2.45) is 0 Å². The van der Waals surface area contributed by atoms with E-state index in [4.69, 9.17) is 0 Å². The molecule has 0 aliphatic carbocycles. The molecule has 0 aliphatic heterocycles. The number of halogens is 4. The molecule has 326 valence electrons. The Morgan fingerprint density at radius 2 is 0.667 bits per heavy atom. The maximum absolute atomic E-state index is 17.0. The van der Waals surface area contributed by atoms with Crippen LogP contribution in [0.1, 0.15) is 52.7 Å². The van der Waals surface area contributed by atoms with Crippen LogP contribution in [-0.2, 0) is 10.8 Å². The normalized spacial score (nSPS) is 12.1. The van der Waals surface area contributed by atoms with E-state index < -0.39 is 23.3 Å². The molecular weight excluding hydrogens is 825 g/mol. The van der Waals surface area contributed by atoms with Gasteiger partial charge >= 0.3 is 0 Å².